The van der Waals surface area contributed by atoms with E-state index < -0.39 is 5.60 Å². The van der Waals surface area contributed by atoms with Gasteiger partial charge in [-0.3, -0.25) is 0 Å². The van der Waals surface area contributed by atoms with Crippen LogP contribution < -0.4 is 5.32 Å². The van der Waals surface area contributed by atoms with Gasteiger partial charge in [0.1, 0.15) is 5.60 Å². The average Bonchev–Trinajstić information content (AvgIpc) is 2.91. The monoisotopic (exact) mass is 305 g/mol. The molecule has 1 saturated heterocycles. The van der Waals surface area contributed by atoms with Gasteiger partial charge < -0.3 is 29.4 Å². The van der Waals surface area contributed by atoms with Crippen molar-refractivity contribution in [3.05, 3.63) is 0 Å². The second-order valence-electron chi connectivity index (χ2n) is 5.39. The Kier molecular flexibility index (Phi) is 11.0. The minimum Gasteiger partial charge on any atom is -0.386 e. The van der Waals surface area contributed by atoms with Gasteiger partial charge in [0.25, 0.3) is 0 Å². The highest BCUT2D eigenvalue weighted by Gasteiger charge is 2.31. The smallest absolute Gasteiger partial charge is 0.102 e. The zero-order valence-corrected chi connectivity index (χ0v) is 13.3. The molecule has 1 atom stereocenters. The Balaban J connectivity index is 1.73. The van der Waals surface area contributed by atoms with Gasteiger partial charge in [0, 0.05) is 32.7 Å². The summed E-state index contributed by atoms with van der Waals surface area (Å²) in [7, 11) is 0. The fourth-order valence-corrected chi connectivity index (χ4v) is 1.99. The zero-order valence-electron chi connectivity index (χ0n) is 13.3. The number of hydrogen-bond donors (Lipinski definition) is 2. The van der Waals surface area contributed by atoms with Crippen molar-refractivity contribution in [3.63, 3.8) is 0 Å². The third-order valence-electron chi connectivity index (χ3n) is 3.35. The predicted octanol–water partition coefficient (Wildman–Crippen LogP) is 0.577. The van der Waals surface area contributed by atoms with E-state index in [4.69, 9.17) is 18.9 Å². The second-order valence-corrected chi connectivity index (χ2v) is 5.39. The number of rotatable bonds is 14. The minimum atomic E-state index is -0.694. The van der Waals surface area contributed by atoms with Gasteiger partial charge >= 0.3 is 0 Å². The molecule has 0 aromatic heterocycles. The van der Waals surface area contributed by atoms with Gasteiger partial charge in [-0.25, -0.2) is 0 Å². The zero-order chi connectivity index (χ0) is 15.2. The number of ether oxygens (including phenoxy) is 4. The molecule has 2 N–H and O–H groups in total. The quantitative estimate of drug-likeness (QED) is 0.458. The number of hydrogen-bond acceptors (Lipinski definition) is 6. The number of nitrogens with one attached hydrogen (secondary N) is 1. The fraction of sp³-hybridized carbons (Fsp3) is 1.00. The largest absolute Gasteiger partial charge is 0.386 e. The summed E-state index contributed by atoms with van der Waals surface area (Å²) in [5, 5.41) is 13.2. The molecule has 0 bridgehead atoms. The lowest BCUT2D eigenvalue weighted by Gasteiger charge is -2.20. The molecule has 6 nitrogen and oxygen atoms in total. The van der Waals surface area contributed by atoms with Crippen LogP contribution in [0.1, 0.15) is 26.2 Å². The summed E-state index contributed by atoms with van der Waals surface area (Å²) in [4.78, 5) is 0. The van der Waals surface area contributed by atoms with Crippen LogP contribution in [0.2, 0.25) is 0 Å². The first-order chi connectivity index (χ1) is 10.3. The van der Waals surface area contributed by atoms with Crippen molar-refractivity contribution >= 4 is 0 Å². The molecule has 0 radical (unpaired) electrons. The second kappa shape index (κ2) is 12.3. The first-order valence-corrected chi connectivity index (χ1v) is 8.01. The van der Waals surface area contributed by atoms with Gasteiger partial charge in [-0.1, -0.05) is 13.3 Å². The molecule has 0 saturated carbocycles. The Morgan fingerprint density at radius 1 is 1.05 bits per heavy atom. The molecular formula is C15H31NO5. The van der Waals surface area contributed by atoms with E-state index in [-0.39, 0.29) is 0 Å². The molecule has 0 aromatic carbocycles. The van der Waals surface area contributed by atoms with E-state index in [0.29, 0.717) is 59.2 Å². The third kappa shape index (κ3) is 10.2. The SMILES string of the molecule is CCCCOCCOCCOCCNCC1(O)CCOC1. The molecule has 1 heterocycles. The van der Waals surface area contributed by atoms with Crippen LogP contribution in [0, 0.1) is 0 Å². The Labute approximate surface area is 128 Å². The first-order valence-electron chi connectivity index (χ1n) is 8.01. The van der Waals surface area contributed by atoms with Crippen molar-refractivity contribution < 1.29 is 24.1 Å². The Morgan fingerprint density at radius 3 is 2.33 bits per heavy atom. The number of unbranched alkanes of at least 4 members (excludes halogenated alkanes) is 1. The van der Waals surface area contributed by atoms with Crippen LogP contribution in [0.15, 0.2) is 0 Å². The lowest BCUT2D eigenvalue weighted by atomic mass is 10.0. The van der Waals surface area contributed by atoms with Crippen molar-refractivity contribution in [1.29, 1.82) is 0 Å². The average molecular weight is 305 g/mol. The van der Waals surface area contributed by atoms with Crippen LogP contribution in [-0.2, 0) is 18.9 Å². The molecule has 0 aliphatic carbocycles. The van der Waals surface area contributed by atoms with Crippen LogP contribution in [0.25, 0.3) is 0 Å². The molecular weight excluding hydrogens is 274 g/mol. The normalized spacial score (nSPS) is 22.0. The van der Waals surface area contributed by atoms with Crippen molar-refractivity contribution in [1.82, 2.24) is 5.32 Å². The highest BCUT2D eigenvalue weighted by atomic mass is 16.5. The van der Waals surface area contributed by atoms with E-state index in [1.165, 1.54) is 0 Å². The van der Waals surface area contributed by atoms with Gasteiger partial charge in [-0.15, -0.1) is 0 Å². The number of aliphatic hydroxyl groups is 1. The van der Waals surface area contributed by atoms with Gasteiger partial charge in [-0.05, 0) is 6.42 Å². The van der Waals surface area contributed by atoms with Gasteiger partial charge in [0.2, 0.25) is 0 Å². The Morgan fingerprint density at radius 2 is 1.71 bits per heavy atom. The van der Waals surface area contributed by atoms with Crippen LogP contribution in [0.5, 0.6) is 0 Å². The highest BCUT2D eigenvalue weighted by Crippen LogP contribution is 2.16. The maximum Gasteiger partial charge on any atom is 0.102 e. The lowest BCUT2D eigenvalue weighted by Crippen LogP contribution is -2.42. The fourth-order valence-electron chi connectivity index (χ4n) is 1.99. The van der Waals surface area contributed by atoms with E-state index in [2.05, 4.69) is 12.2 Å². The van der Waals surface area contributed by atoms with Crippen LogP contribution in [0.3, 0.4) is 0 Å². The van der Waals surface area contributed by atoms with Gasteiger partial charge in [-0.2, -0.15) is 0 Å². The van der Waals surface area contributed by atoms with Gasteiger partial charge in [0.15, 0.2) is 0 Å². The molecule has 21 heavy (non-hydrogen) atoms. The summed E-state index contributed by atoms with van der Waals surface area (Å²) in [6, 6.07) is 0. The molecule has 0 aromatic rings. The summed E-state index contributed by atoms with van der Waals surface area (Å²) in [5.74, 6) is 0. The molecule has 1 fully saturated rings. The van der Waals surface area contributed by atoms with Crippen molar-refractivity contribution in [2.45, 2.75) is 31.8 Å². The van der Waals surface area contributed by atoms with Crippen LogP contribution in [0.4, 0.5) is 0 Å². The van der Waals surface area contributed by atoms with Crippen LogP contribution in [-0.4, -0.2) is 76.7 Å². The van der Waals surface area contributed by atoms with Gasteiger partial charge in [0.05, 0.1) is 39.6 Å². The summed E-state index contributed by atoms with van der Waals surface area (Å²) in [5.41, 5.74) is -0.694. The topological polar surface area (TPSA) is 69.2 Å². The highest BCUT2D eigenvalue weighted by molar-refractivity contribution is 4.84. The van der Waals surface area contributed by atoms with E-state index in [0.717, 1.165) is 26.0 Å². The maximum absolute atomic E-state index is 10.0. The standard InChI is InChI=1S/C15H31NO5/c1-2-3-6-18-9-11-20-12-10-19-8-5-16-13-15(17)4-7-21-14-15/h16-17H,2-14H2,1H3. The van der Waals surface area contributed by atoms with E-state index >= 15 is 0 Å². The predicted molar refractivity (Wildman–Crippen MR) is 80.6 cm³/mol. The third-order valence-corrected chi connectivity index (χ3v) is 3.35. The Hall–Kier alpha value is -0.240. The Bertz CT molecular complexity index is 234. The molecule has 1 rings (SSSR count). The van der Waals surface area contributed by atoms with E-state index in [1.54, 1.807) is 0 Å². The summed E-state index contributed by atoms with van der Waals surface area (Å²) in [6.07, 6.45) is 2.97. The molecule has 1 aliphatic heterocycles. The van der Waals surface area contributed by atoms with Crippen LogP contribution >= 0.6 is 0 Å². The first kappa shape index (κ1) is 18.8. The van der Waals surface area contributed by atoms with Crippen molar-refractivity contribution in [2.75, 3.05) is 65.9 Å². The summed E-state index contributed by atoms with van der Waals surface area (Å²) in [6.45, 7) is 8.40. The molecule has 1 aliphatic rings. The summed E-state index contributed by atoms with van der Waals surface area (Å²) >= 11 is 0. The molecule has 126 valence electrons. The summed E-state index contributed by atoms with van der Waals surface area (Å²) < 4.78 is 21.4. The van der Waals surface area contributed by atoms with Crippen molar-refractivity contribution in [2.24, 2.45) is 0 Å². The molecule has 0 spiro atoms. The van der Waals surface area contributed by atoms with Crippen molar-refractivity contribution in [3.8, 4) is 0 Å². The van der Waals surface area contributed by atoms with E-state index in [1.807, 2.05) is 0 Å². The maximum atomic E-state index is 10.0. The molecule has 1 unspecified atom stereocenters. The molecule has 0 amide bonds. The lowest BCUT2D eigenvalue weighted by molar-refractivity contribution is 0.0107. The van der Waals surface area contributed by atoms with E-state index in [9.17, 15) is 5.11 Å². The molecule has 6 heteroatoms. The minimum absolute atomic E-state index is 0.426.